The van der Waals surface area contributed by atoms with Gasteiger partial charge < -0.3 is 0 Å². The average Bonchev–Trinajstić information content (AvgIpc) is 2.99. The van der Waals surface area contributed by atoms with Crippen LogP contribution in [-0.2, 0) is 0 Å². The lowest BCUT2D eigenvalue weighted by atomic mass is 10.1. The van der Waals surface area contributed by atoms with Gasteiger partial charge in [-0.2, -0.15) is 9.49 Å². The van der Waals surface area contributed by atoms with E-state index in [1.165, 1.54) is 18.2 Å². The molecule has 0 saturated carbocycles. The van der Waals surface area contributed by atoms with E-state index in [9.17, 15) is 4.39 Å². The highest BCUT2D eigenvalue weighted by molar-refractivity contribution is 6.29. The molecule has 4 nitrogen and oxygen atoms in total. The topological polar surface area (TPSA) is 54.5 Å². The first kappa shape index (κ1) is 16.4. The van der Waals surface area contributed by atoms with E-state index in [4.69, 9.17) is 23.2 Å². The van der Waals surface area contributed by atoms with E-state index in [0.29, 0.717) is 10.8 Å². The first-order valence-corrected chi connectivity index (χ1v) is 7.73. The van der Waals surface area contributed by atoms with Crippen molar-refractivity contribution in [1.82, 2.24) is 20.2 Å². The SMILES string of the molecule is Clc1ccc2c(-c3ccccc3)[nH]nc2n1.Fc1cccc(Cl)n1. The summed E-state index contributed by atoms with van der Waals surface area (Å²) in [7, 11) is 0. The maximum Gasteiger partial charge on any atom is 0.214 e. The van der Waals surface area contributed by atoms with Crippen molar-refractivity contribution in [2.45, 2.75) is 0 Å². The number of aromatic amines is 1. The minimum Gasteiger partial charge on any atom is -0.275 e. The van der Waals surface area contributed by atoms with Gasteiger partial charge in [0.25, 0.3) is 0 Å². The molecular weight excluding hydrogens is 350 g/mol. The second kappa shape index (κ2) is 7.38. The molecule has 1 aromatic carbocycles. The molecule has 0 atom stereocenters. The number of fused-ring (bicyclic) bond motifs is 1. The predicted molar refractivity (Wildman–Crippen MR) is 93.5 cm³/mol. The Hall–Kier alpha value is -2.50. The Labute approximate surface area is 147 Å². The number of aromatic nitrogens is 4. The van der Waals surface area contributed by atoms with Crippen LogP contribution in [0.1, 0.15) is 0 Å². The van der Waals surface area contributed by atoms with E-state index in [1.807, 2.05) is 36.4 Å². The molecule has 0 fully saturated rings. The van der Waals surface area contributed by atoms with E-state index in [0.717, 1.165) is 16.6 Å². The monoisotopic (exact) mass is 360 g/mol. The van der Waals surface area contributed by atoms with Gasteiger partial charge in [-0.1, -0.05) is 59.6 Å². The molecule has 0 bridgehead atoms. The number of nitrogens with zero attached hydrogens (tertiary/aromatic N) is 3. The quantitative estimate of drug-likeness (QED) is 0.477. The number of nitrogens with one attached hydrogen (secondary N) is 1. The van der Waals surface area contributed by atoms with Crippen LogP contribution < -0.4 is 0 Å². The highest BCUT2D eigenvalue weighted by atomic mass is 35.5. The fourth-order valence-corrected chi connectivity index (χ4v) is 2.38. The van der Waals surface area contributed by atoms with Crippen LogP contribution in [0.5, 0.6) is 0 Å². The Morgan fingerprint density at radius 2 is 1.54 bits per heavy atom. The first-order valence-electron chi connectivity index (χ1n) is 6.97. The van der Waals surface area contributed by atoms with E-state index in [1.54, 1.807) is 6.07 Å². The van der Waals surface area contributed by atoms with Crippen molar-refractivity contribution < 1.29 is 4.39 Å². The van der Waals surface area contributed by atoms with Crippen LogP contribution in [-0.4, -0.2) is 20.2 Å². The summed E-state index contributed by atoms with van der Waals surface area (Å²) in [6, 6.07) is 18.0. The van der Waals surface area contributed by atoms with Crippen LogP contribution in [0.25, 0.3) is 22.3 Å². The third-order valence-electron chi connectivity index (χ3n) is 3.13. The van der Waals surface area contributed by atoms with Gasteiger partial charge in [0.1, 0.15) is 10.3 Å². The zero-order valence-corrected chi connectivity index (χ0v) is 13.8. The van der Waals surface area contributed by atoms with Gasteiger partial charge in [-0.3, -0.25) is 5.10 Å². The number of pyridine rings is 2. The number of hydrogen-bond acceptors (Lipinski definition) is 3. The lowest BCUT2D eigenvalue weighted by Gasteiger charge is -1.97. The fourth-order valence-electron chi connectivity index (χ4n) is 2.08. The summed E-state index contributed by atoms with van der Waals surface area (Å²) in [4.78, 5) is 7.42. The number of H-pyrrole nitrogens is 1. The first-order chi connectivity index (χ1) is 11.6. The zero-order chi connectivity index (χ0) is 16.9. The van der Waals surface area contributed by atoms with Gasteiger partial charge in [-0.05, 0) is 24.3 Å². The Morgan fingerprint density at radius 1 is 0.792 bits per heavy atom. The molecular formula is C17H11Cl2FN4. The molecule has 24 heavy (non-hydrogen) atoms. The lowest BCUT2D eigenvalue weighted by molar-refractivity contribution is 0.584. The Balaban J connectivity index is 0.000000179. The minimum atomic E-state index is -0.544. The molecule has 0 aliphatic carbocycles. The molecule has 4 aromatic rings. The Bertz CT molecular complexity index is 940. The second-order valence-corrected chi connectivity index (χ2v) is 5.53. The standard InChI is InChI=1S/C12H8ClN3.C5H3ClFN/c13-10-7-6-9-11(15-16-12(9)14-10)8-4-2-1-3-5-8;6-4-2-1-3-5(7)8-4/h1-7H,(H,14,15,16);1-3H. The second-order valence-electron chi connectivity index (χ2n) is 4.75. The summed E-state index contributed by atoms with van der Waals surface area (Å²) in [6.07, 6.45) is 0. The molecule has 0 aliphatic rings. The van der Waals surface area contributed by atoms with Gasteiger partial charge in [-0.15, -0.1) is 0 Å². The Morgan fingerprint density at radius 3 is 2.21 bits per heavy atom. The molecule has 4 rings (SSSR count). The smallest absolute Gasteiger partial charge is 0.214 e. The fraction of sp³-hybridized carbons (Fsp3) is 0. The van der Waals surface area contributed by atoms with Crippen LogP contribution in [0.2, 0.25) is 10.3 Å². The molecule has 0 radical (unpaired) electrons. The van der Waals surface area contributed by atoms with Gasteiger partial charge in [-0.25, -0.2) is 9.97 Å². The number of halogens is 3. The van der Waals surface area contributed by atoms with Crippen molar-refractivity contribution >= 4 is 34.2 Å². The Kier molecular flexibility index (Phi) is 5.03. The molecule has 0 amide bonds. The lowest BCUT2D eigenvalue weighted by Crippen LogP contribution is -1.78. The largest absolute Gasteiger partial charge is 0.275 e. The number of benzene rings is 1. The molecule has 0 saturated heterocycles. The number of hydrogen-bond donors (Lipinski definition) is 1. The summed E-state index contributed by atoms with van der Waals surface area (Å²) in [5, 5.41) is 8.75. The minimum absolute atomic E-state index is 0.185. The van der Waals surface area contributed by atoms with Crippen molar-refractivity contribution in [1.29, 1.82) is 0 Å². The maximum absolute atomic E-state index is 12.0. The van der Waals surface area contributed by atoms with E-state index in [-0.39, 0.29) is 5.15 Å². The maximum atomic E-state index is 12.0. The zero-order valence-electron chi connectivity index (χ0n) is 12.2. The molecule has 3 heterocycles. The van der Waals surface area contributed by atoms with Gasteiger partial charge in [0.15, 0.2) is 5.65 Å². The molecule has 0 aliphatic heterocycles. The van der Waals surface area contributed by atoms with Crippen LogP contribution in [0, 0.1) is 5.95 Å². The predicted octanol–water partition coefficient (Wildman–Crippen LogP) is 5.15. The molecule has 0 spiro atoms. The molecule has 1 N–H and O–H groups in total. The van der Waals surface area contributed by atoms with Crippen molar-refractivity contribution in [3.05, 3.63) is 76.9 Å². The van der Waals surface area contributed by atoms with Crippen molar-refractivity contribution in [2.24, 2.45) is 0 Å². The highest BCUT2D eigenvalue weighted by Crippen LogP contribution is 2.25. The summed E-state index contributed by atoms with van der Waals surface area (Å²) in [5.41, 5.74) is 2.71. The van der Waals surface area contributed by atoms with Crippen LogP contribution >= 0.6 is 23.2 Å². The molecule has 7 heteroatoms. The van der Waals surface area contributed by atoms with E-state index in [2.05, 4.69) is 20.2 Å². The average molecular weight is 361 g/mol. The highest BCUT2D eigenvalue weighted by Gasteiger charge is 2.08. The van der Waals surface area contributed by atoms with Crippen molar-refractivity contribution in [3.8, 4) is 11.3 Å². The van der Waals surface area contributed by atoms with Crippen molar-refractivity contribution in [3.63, 3.8) is 0 Å². The van der Waals surface area contributed by atoms with Crippen LogP contribution in [0.3, 0.4) is 0 Å². The van der Waals surface area contributed by atoms with Gasteiger partial charge in [0, 0.05) is 10.9 Å². The summed E-state index contributed by atoms with van der Waals surface area (Å²) in [6.45, 7) is 0. The molecule has 120 valence electrons. The van der Waals surface area contributed by atoms with E-state index < -0.39 is 5.95 Å². The third kappa shape index (κ3) is 3.88. The molecule has 0 unspecified atom stereocenters. The van der Waals surface area contributed by atoms with Gasteiger partial charge in [0.2, 0.25) is 5.95 Å². The van der Waals surface area contributed by atoms with E-state index >= 15 is 0 Å². The molecule has 3 aromatic heterocycles. The van der Waals surface area contributed by atoms with Crippen LogP contribution in [0.4, 0.5) is 4.39 Å². The van der Waals surface area contributed by atoms with Crippen LogP contribution in [0.15, 0.2) is 60.7 Å². The summed E-state index contributed by atoms with van der Waals surface area (Å²) in [5.74, 6) is -0.544. The van der Waals surface area contributed by atoms with Gasteiger partial charge in [0.05, 0.1) is 5.69 Å². The van der Waals surface area contributed by atoms with Crippen molar-refractivity contribution in [2.75, 3.05) is 0 Å². The van der Waals surface area contributed by atoms with Gasteiger partial charge >= 0.3 is 0 Å². The number of rotatable bonds is 1. The third-order valence-corrected chi connectivity index (χ3v) is 3.55. The normalized spacial score (nSPS) is 10.3. The summed E-state index contributed by atoms with van der Waals surface area (Å²) >= 11 is 11.1. The summed E-state index contributed by atoms with van der Waals surface area (Å²) < 4.78 is 12.0.